The van der Waals surface area contributed by atoms with Gasteiger partial charge in [-0.15, -0.1) is 0 Å². The molecule has 2 aromatic heterocycles. The molecule has 5 rings (SSSR count). The Labute approximate surface area is 204 Å². The lowest BCUT2D eigenvalue weighted by atomic mass is 9.98. The molecule has 5 nitrogen and oxygen atoms in total. The van der Waals surface area contributed by atoms with Crippen LogP contribution in [-0.2, 0) is 4.74 Å². The third-order valence-electron chi connectivity index (χ3n) is 6.26. The van der Waals surface area contributed by atoms with Crippen LogP contribution in [-0.4, -0.2) is 35.3 Å². The van der Waals surface area contributed by atoms with Crippen LogP contribution in [0.15, 0.2) is 60.8 Å². The highest BCUT2D eigenvalue weighted by molar-refractivity contribution is 6.38. The average Bonchev–Trinajstić information content (AvgIpc) is 2.84. The maximum Gasteiger partial charge on any atom is 0.129 e. The summed E-state index contributed by atoms with van der Waals surface area (Å²) in [7, 11) is 0. The molecule has 2 aromatic carbocycles. The number of hydrogen-bond donors (Lipinski definition) is 0. The summed E-state index contributed by atoms with van der Waals surface area (Å²) in [6.45, 7) is 7.85. The lowest BCUT2D eigenvalue weighted by Gasteiger charge is -2.36. The molecule has 34 heavy (non-hydrogen) atoms. The number of pyridine rings is 2. The van der Waals surface area contributed by atoms with Crippen molar-refractivity contribution in [1.29, 1.82) is 5.26 Å². The number of anilines is 1. The first-order chi connectivity index (χ1) is 16.4. The van der Waals surface area contributed by atoms with E-state index in [1.807, 2.05) is 55.6 Å². The molecule has 0 saturated carbocycles. The highest BCUT2D eigenvalue weighted by atomic mass is 35.5. The smallest absolute Gasteiger partial charge is 0.129 e. The van der Waals surface area contributed by atoms with Crippen molar-refractivity contribution >= 4 is 28.3 Å². The van der Waals surface area contributed by atoms with Crippen molar-refractivity contribution in [3.8, 4) is 28.3 Å². The van der Waals surface area contributed by atoms with Crippen LogP contribution in [0.25, 0.3) is 33.2 Å². The Morgan fingerprint density at radius 3 is 2.38 bits per heavy atom. The summed E-state index contributed by atoms with van der Waals surface area (Å²) in [6, 6.07) is 19.8. The van der Waals surface area contributed by atoms with E-state index in [0.717, 1.165) is 57.8 Å². The predicted octanol–water partition coefficient (Wildman–Crippen LogP) is 6.41. The second-order valence-corrected chi connectivity index (χ2v) is 9.22. The fourth-order valence-electron chi connectivity index (χ4n) is 4.71. The van der Waals surface area contributed by atoms with E-state index >= 15 is 0 Å². The number of para-hydroxylation sites is 1. The van der Waals surface area contributed by atoms with Gasteiger partial charge in [-0.3, -0.25) is 4.98 Å². The number of aromatic nitrogens is 2. The first-order valence-corrected chi connectivity index (χ1v) is 11.8. The van der Waals surface area contributed by atoms with Crippen molar-refractivity contribution in [3.63, 3.8) is 0 Å². The van der Waals surface area contributed by atoms with Gasteiger partial charge in [-0.1, -0.05) is 41.9 Å². The summed E-state index contributed by atoms with van der Waals surface area (Å²) in [4.78, 5) is 12.0. The molecule has 3 heterocycles. The molecule has 0 N–H and O–H groups in total. The zero-order valence-corrected chi connectivity index (χ0v) is 20.2. The molecular weight excluding hydrogens is 444 g/mol. The van der Waals surface area contributed by atoms with E-state index in [2.05, 4.69) is 36.9 Å². The predicted molar refractivity (Wildman–Crippen MR) is 137 cm³/mol. The van der Waals surface area contributed by atoms with E-state index < -0.39 is 0 Å². The second-order valence-electron chi connectivity index (χ2n) is 8.84. The average molecular weight is 469 g/mol. The summed E-state index contributed by atoms with van der Waals surface area (Å²) in [6.07, 6.45) is 2.19. The molecule has 4 aromatic rings. The van der Waals surface area contributed by atoms with Crippen LogP contribution >= 0.6 is 11.6 Å². The highest BCUT2D eigenvalue weighted by Gasteiger charge is 2.24. The van der Waals surface area contributed by atoms with Gasteiger partial charge in [0.05, 0.1) is 34.4 Å². The Balaban J connectivity index is 1.53. The largest absolute Gasteiger partial charge is 0.372 e. The number of ether oxygens (including phenoxy) is 1. The third-order valence-corrected chi connectivity index (χ3v) is 6.67. The molecule has 2 atom stereocenters. The molecule has 0 radical (unpaired) electrons. The quantitative estimate of drug-likeness (QED) is 0.347. The van der Waals surface area contributed by atoms with Crippen molar-refractivity contribution < 1.29 is 4.74 Å². The van der Waals surface area contributed by atoms with Crippen LogP contribution in [0.2, 0.25) is 5.02 Å². The van der Waals surface area contributed by atoms with Crippen LogP contribution in [0.5, 0.6) is 0 Å². The normalized spacial score (nSPS) is 18.1. The summed E-state index contributed by atoms with van der Waals surface area (Å²) in [5.74, 6) is 0.955. The van der Waals surface area contributed by atoms with E-state index in [0.29, 0.717) is 10.6 Å². The molecule has 1 aliphatic heterocycles. The number of halogens is 1. The molecule has 1 fully saturated rings. The Morgan fingerprint density at radius 1 is 0.971 bits per heavy atom. The summed E-state index contributed by atoms with van der Waals surface area (Å²) < 4.78 is 5.86. The van der Waals surface area contributed by atoms with E-state index in [1.165, 1.54) is 0 Å². The van der Waals surface area contributed by atoms with Gasteiger partial charge in [-0.25, -0.2) is 4.98 Å². The molecular formula is C28H25ClN4O. The molecule has 0 aliphatic carbocycles. The zero-order valence-electron chi connectivity index (χ0n) is 19.4. The summed E-state index contributed by atoms with van der Waals surface area (Å²) in [5, 5.41) is 10.6. The number of rotatable bonds is 3. The van der Waals surface area contributed by atoms with Crippen molar-refractivity contribution in [2.75, 3.05) is 18.0 Å². The van der Waals surface area contributed by atoms with Gasteiger partial charge in [0.2, 0.25) is 0 Å². The zero-order chi connectivity index (χ0) is 23.8. The second kappa shape index (κ2) is 9.06. The third kappa shape index (κ3) is 4.11. The molecule has 0 spiro atoms. The minimum atomic E-state index is 0.176. The Kier molecular flexibility index (Phi) is 5.95. The van der Waals surface area contributed by atoms with Crippen LogP contribution in [0.3, 0.4) is 0 Å². The SMILES string of the molecule is Cc1nc(N2CC(C)OC(C)C2)ccc1-c1cnc2c(-c3ccc(C#N)cc3)cccc2c1Cl. The standard InChI is InChI=1S/C28H25ClN4O/c1-17-15-33(16-18(2)34-17)26-12-11-22(19(3)32-26)25-14-31-28-23(5-4-6-24(28)27(25)29)21-9-7-20(13-30)8-10-21/h4-12,14,17-18H,15-16H2,1-3H3. The van der Waals surface area contributed by atoms with E-state index in [9.17, 15) is 0 Å². The molecule has 0 amide bonds. The van der Waals surface area contributed by atoms with Gasteiger partial charge < -0.3 is 9.64 Å². The number of fused-ring (bicyclic) bond motifs is 1. The van der Waals surface area contributed by atoms with Crippen LogP contribution < -0.4 is 4.90 Å². The lowest BCUT2D eigenvalue weighted by Crippen LogP contribution is -2.45. The van der Waals surface area contributed by atoms with Gasteiger partial charge in [0.15, 0.2) is 0 Å². The van der Waals surface area contributed by atoms with E-state index in [4.69, 9.17) is 31.6 Å². The Morgan fingerprint density at radius 2 is 1.71 bits per heavy atom. The van der Waals surface area contributed by atoms with Crippen molar-refractivity contribution in [3.05, 3.63) is 77.1 Å². The first kappa shape index (κ1) is 22.3. The van der Waals surface area contributed by atoms with Crippen molar-refractivity contribution in [1.82, 2.24) is 9.97 Å². The number of nitriles is 1. The van der Waals surface area contributed by atoms with E-state index in [1.54, 1.807) is 0 Å². The van der Waals surface area contributed by atoms with Gasteiger partial charge >= 0.3 is 0 Å². The van der Waals surface area contributed by atoms with Gasteiger partial charge in [-0.2, -0.15) is 5.26 Å². The number of aryl methyl sites for hydroxylation is 1. The van der Waals surface area contributed by atoms with Crippen molar-refractivity contribution in [2.45, 2.75) is 33.0 Å². The van der Waals surface area contributed by atoms with Crippen LogP contribution in [0.4, 0.5) is 5.82 Å². The molecule has 0 bridgehead atoms. The fraction of sp³-hybridized carbons (Fsp3) is 0.250. The van der Waals surface area contributed by atoms with Gasteiger partial charge in [0.25, 0.3) is 0 Å². The maximum absolute atomic E-state index is 9.09. The number of nitrogens with zero attached hydrogens (tertiary/aromatic N) is 4. The minimum Gasteiger partial charge on any atom is -0.372 e. The molecule has 6 heteroatoms. The van der Waals surface area contributed by atoms with Gasteiger partial charge in [0.1, 0.15) is 5.82 Å². The number of benzene rings is 2. The summed E-state index contributed by atoms with van der Waals surface area (Å²) in [5.41, 5.74) is 6.20. The van der Waals surface area contributed by atoms with Gasteiger partial charge in [-0.05, 0) is 50.6 Å². The number of hydrogen-bond acceptors (Lipinski definition) is 5. The first-order valence-electron chi connectivity index (χ1n) is 11.4. The minimum absolute atomic E-state index is 0.176. The fourth-order valence-corrected chi connectivity index (χ4v) is 5.01. The number of morpholine rings is 1. The highest BCUT2D eigenvalue weighted by Crippen LogP contribution is 2.38. The molecule has 170 valence electrons. The lowest BCUT2D eigenvalue weighted by molar-refractivity contribution is -0.00546. The maximum atomic E-state index is 9.09. The topological polar surface area (TPSA) is 62.0 Å². The Hall–Kier alpha value is -3.46. The monoisotopic (exact) mass is 468 g/mol. The molecule has 1 aliphatic rings. The van der Waals surface area contributed by atoms with Crippen LogP contribution in [0, 0.1) is 18.3 Å². The van der Waals surface area contributed by atoms with E-state index in [-0.39, 0.29) is 12.2 Å². The van der Waals surface area contributed by atoms with Crippen molar-refractivity contribution in [2.24, 2.45) is 0 Å². The van der Waals surface area contributed by atoms with Gasteiger partial charge in [0, 0.05) is 47.1 Å². The summed E-state index contributed by atoms with van der Waals surface area (Å²) >= 11 is 6.94. The molecule has 1 saturated heterocycles. The Bertz CT molecular complexity index is 1400. The molecule has 2 unspecified atom stereocenters. The van der Waals surface area contributed by atoms with Crippen LogP contribution in [0.1, 0.15) is 25.1 Å².